The van der Waals surface area contributed by atoms with Crippen molar-refractivity contribution in [3.63, 3.8) is 0 Å². The summed E-state index contributed by atoms with van der Waals surface area (Å²) in [6, 6.07) is 7.39. The molecule has 2 aromatic rings. The second kappa shape index (κ2) is 5.68. The molecule has 0 saturated heterocycles. The Labute approximate surface area is 118 Å². The lowest BCUT2D eigenvalue weighted by Gasteiger charge is -2.04. The Balaban J connectivity index is 2.25. The largest absolute Gasteiger partial charge is 0.294 e. The Hall–Kier alpha value is -1.45. The van der Waals surface area contributed by atoms with Crippen molar-refractivity contribution in [3.05, 3.63) is 69.2 Å². The van der Waals surface area contributed by atoms with Gasteiger partial charge in [0, 0.05) is 12.0 Å². The molecule has 2 aromatic carbocycles. The Bertz CT molecular complexity index is 641. The molecule has 5 heteroatoms. The first kappa shape index (κ1) is 14.0. The fourth-order valence-electron chi connectivity index (χ4n) is 1.62. The van der Waals surface area contributed by atoms with Crippen LogP contribution in [0.3, 0.4) is 0 Å². The third-order valence-corrected chi connectivity index (χ3v) is 3.34. The molecule has 0 aromatic heterocycles. The summed E-state index contributed by atoms with van der Waals surface area (Å²) in [5, 5.41) is 0.572. The zero-order chi connectivity index (χ0) is 14.0. The Morgan fingerprint density at radius 3 is 2.42 bits per heavy atom. The minimum absolute atomic E-state index is 0.0103. The molecule has 0 aliphatic carbocycles. The molecule has 0 N–H and O–H groups in total. The maximum absolute atomic E-state index is 13.4. The first-order valence-electron chi connectivity index (χ1n) is 5.39. The van der Waals surface area contributed by atoms with Gasteiger partial charge >= 0.3 is 0 Å². The first-order chi connectivity index (χ1) is 8.97. The number of carbonyl (C=O) groups is 1. The number of benzene rings is 2. The van der Waals surface area contributed by atoms with Crippen molar-refractivity contribution in [2.45, 2.75) is 6.42 Å². The van der Waals surface area contributed by atoms with Crippen LogP contribution in [-0.2, 0) is 6.42 Å². The van der Waals surface area contributed by atoms with E-state index in [-0.39, 0.29) is 22.8 Å². The van der Waals surface area contributed by atoms with E-state index < -0.39 is 11.6 Å². The quantitative estimate of drug-likeness (QED) is 0.751. The minimum atomic E-state index is -0.616. The predicted octanol–water partition coefficient (Wildman–Crippen LogP) is 4.70. The maximum Gasteiger partial charge on any atom is 0.167 e. The summed E-state index contributed by atoms with van der Waals surface area (Å²) in [6.45, 7) is 0. The lowest BCUT2D eigenvalue weighted by Crippen LogP contribution is -2.05. The normalized spacial score (nSPS) is 10.5. The molecule has 0 aliphatic heterocycles. The van der Waals surface area contributed by atoms with Gasteiger partial charge in [0.05, 0.1) is 10.0 Å². The van der Waals surface area contributed by atoms with E-state index in [1.165, 1.54) is 18.2 Å². The highest BCUT2D eigenvalue weighted by Crippen LogP contribution is 2.23. The average Bonchev–Trinajstić information content (AvgIpc) is 2.37. The maximum atomic E-state index is 13.4. The molecular formula is C14H8Cl2F2O. The van der Waals surface area contributed by atoms with Crippen LogP contribution in [0.2, 0.25) is 10.0 Å². The van der Waals surface area contributed by atoms with E-state index in [0.29, 0.717) is 10.6 Å². The summed E-state index contributed by atoms with van der Waals surface area (Å²) in [5.74, 6) is -1.56. The number of hydrogen-bond donors (Lipinski definition) is 0. The van der Waals surface area contributed by atoms with Crippen LogP contribution in [0.4, 0.5) is 8.78 Å². The highest BCUT2D eigenvalue weighted by Gasteiger charge is 2.12. The van der Waals surface area contributed by atoms with Crippen LogP contribution in [0.15, 0.2) is 36.4 Å². The van der Waals surface area contributed by atoms with Crippen molar-refractivity contribution in [1.82, 2.24) is 0 Å². The molecule has 0 amide bonds. The molecule has 0 unspecified atom stereocenters. The zero-order valence-electron chi connectivity index (χ0n) is 9.59. The number of hydrogen-bond acceptors (Lipinski definition) is 1. The first-order valence-corrected chi connectivity index (χ1v) is 6.15. The number of Topliss-reactive ketones (excluding diaryl/α,β-unsaturated/α-hetero) is 1. The second-order valence-electron chi connectivity index (χ2n) is 3.96. The van der Waals surface area contributed by atoms with E-state index >= 15 is 0 Å². The summed E-state index contributed by atoms with van der Waals surface area (Å²) < 4.78 is 26.4. The molecule has 0 aliphatic rings. The van der Waals surface area contributed by atoms with Gasteiger partial charge in [-0.2, -0.15) is 0 Å². The molecule has 19 heavy (non-hydrogen) atoms. The molecule has 2 rings (SSSR count). The number of rotatable bonds is 3. The lowest BCUT2D eigenvalue weighted by molar-refractivity contribution is 0.0992. The van der Waals surface area contributed by atoms with Crippen LogP contribution in [-0.4, -0.2) is 5.78 Å². The van der Waals surface area contributed by atoms with E-state index in [2.05, 4.69) is 0 Å². The molecule has 0 spiro atoms. The molecular weight excluding hydrogens is 293 g/mol. The lowest BCUT2D eigenvalue weighted by atomic mass is 10.0. The molecule has 0 radical (unpaired) electrons. The van der Waals surface area contributed by atoms with Crippen LogP contribution in [0.1, 0.15) is 15.9 Å². The molecule has 0 saturated carbocycles. The van der Waals surface area contributed by atoms with Gasteiger partial charge in [0.15, 0.2) is 5.78 Å². The van der Waals surface area contributed by atoms with Crippen molar-refractivity contribution in [1.29, 1.82) is 0 Å². The number of carbonyl (C=O) groups excluding carboxylic acids is 1. The van der Waals surface area contributed by atoms with E-state index in [9.17, 15) is 13.6 Å². The van der Waals surface area contributed by atoms with Gasteiger partial charge < -0.3 is 0 Å². The van der Waals surface area contributed by atoms with Crippen molar-refractivity contribution in [3.8, 4) is 0 Å². The van der Waals surface area contributed by atoms with Crippen molar-refractivity contribution >= 4 is 29.0 Å². The molecule has 0 heterocycles. The summed E-state index contributed by atoms with van der Waals surface area (Å²) in [7, 11) is 0. The van der Waals surface area contributed by atoms with Crippen LogP contribution in [0, 0.1) is 11.6 Å². The van der Waals surface area contributed by atoms with E-state index in [1.807, 2.05) is 0 Å². The van der Waals surface area contributed by atoms with Crippen LogP contribution < -0.4 is 0 Å². The van der Waals surface area contributed by atoms with Crippen LogP contribution >= 0.6 is 23.2 Å². The van der Waals surface area contributed by atoms with Crippen molar-refractivity contribution < 1.29 is 13.6 Å². The standard InChI is InChI=1S/C14H8Cl2F2O/c15-11-3-1-8(6-12(11)16)14(19)7-9-5-10(17)2-4-13(9)18/h1-6H,7H2. The molecule has 0 bridgehead atoms. The van der Waals surface area contributed by atoms with Gasteiger partial charge in [-0.3, -0.25) is 4.79 Å². The van der Waals surface area contributed by atoms with Gasteiger partial charge in [-0.25, -0.2) is 8.78 Å². The van der Waals surface area contributed by atoms with Crippen molar-refractivity contribution in [2.75, 3.05) is 0 Å². The third-order valence-electron chi connectivity index (χ3n) is 2.60. The Morgan fingerprint density at radius 1 is 1.00 bits per heavy atom. The molecule has 0 fully saturated rings. The number of halogens is 4. The second-order valence-corrected chi connectivity index (χ2v) is 4.78. The molecule has 0 atom stereocenters. The van der Waals surface area contributed by atoms with Crippen molar-refractivity contribution in [2.24, 2.45) is 0 Å². The van der Waals surface area contributed by atoms with Gasteiger partial charge in [0.25, 0.3) is 0 Å². The highest BCUT2D eigenvalue weighted by atomic mass is 35.5. The monoisotopic (exact) mass is 300 g/mol. The fraction of sp³-hybridized carbons (Fsp3) is 0.0714. The van der Waals surface area contributed by atoms with Gasteiger partial charge in [0.2, 0.25) is 0 Å². The highest BCUT2D eigenvalue weighted by molar-refractivity contribution is 6.42. The summed E-state index contributed by atoms with van der Waals surface area (Å²) in [4.78, 5) is 12.0. The van der Waals surface area contributed by atoms with Crippen LogP contribution in [0.5, 0.6) is 0 Å². The smallest absolute Gasteiger partial charge is 0.167 e. The summed E-state index contributed by atoms with van der Waals surface area (Å²) in [5.41, 5.74) is 0.314. The van der Waals surface area contributed by atoms with E-state index in [1.54, 1.807) is 0 Å². The Kier molecular flexibility index (Phi) is 4.17. The van der Waals surface area contributed by atoms with E-state index in [4.69, 9.17) is 23.2 Å². The summed E-state index contributed by atoms with van der Waals surface area (Å²) >= 11 is 11.5. The van der Waals surface area contributed by atoms with Gasteiger partial charge in [-0.05, 0) is 42.0 Å². The number of ketones is 1. The predicted molar refractivity (Wildman–Crippen MR) is 70.9 cm³/mol. The van der Waals surface area contributed by atoms with Gasteiger partial charge in [-0.15, -0.1) is 0 Å². The van der Waals surface area contributed by atoms with Gasteiger partial charge in [-0.1, -0.05) is 23.2 Å². The molecule has 98 valence electrons. The fourth-order valence-corrected chi connectivity index (χ4v) is 1.92. The van der Waals surface area contributed by atoms with Gasteiger partial charge in [0.1, 0.15) is 11.6 Å². The topological polar surface area (TPSA) is 17.1 Å². The van der Waals surface area contributed by atoms with Crippen LogP contribution in [0.25, 0.3) is 0 Å². The third kappa shape index (κ3) is 3.31. The summed E-state index contributed by atoms with van der Waals surface area (Å²) in [6.07, 6.45) is -0.235. The SMILES string of the molecule is O=C(Cc1cc(F)ccc1F)c1ccc(Cl)c(Cl)c1. The molecule has 1 nitrogen and oxygen atoms in total. The Morgan fingerprint density at radius 2 is 1.74 bits per heavy atom. The average molecular weight is 301 g/mol. The zero-order valence-corrected chi connectivity index (χ0v) is 11.1. The van der Waals surface area contributed by atoms with E-state index in [0.717, 1.165) is 18.2 Å². The minimum Gasteiger partial charge on any atom is -0.294 e.